The predicted molar refractivity (Wildman–Crippen MR) is 192 cm³/mol. The molecule has 6 rings (SSSR count). The summed E-state index contributed by atoms with van der Waals surface area (Å²) in [6.45, 7) is 14.9. The summed E-state index contributed by atoms with van der Waals surface area (Å²) in [5.74, 6) is 1.50. The number of benzene rings is 3. The Morgan fingerprint density at radius 2 is 1.52 bits per heavy atom. The number of hydrogen-bond acceptors (Lipinski definition) is 4. The molecule has 0 atom stereocenters. The van der Waals surface area contributed by atoms with E-state index in [0.717, 1.165) is 48.0 Å². The Kier molecular flexibility index (Phi) is 11.6. The quantitative estimate of drug-likeness (QED) is 0.0946. The van der Waals surface area contributed by atoms with Gasteiger partial charge in [-0.3, -0.25) is 9.78 Å². The van der Waals surface area contributed by atoms with E-state index in [2.05, 4.69) is 98.0 Å². The van der Waals surface area contributed by atoms with Crippen LogP contribution < -0.4 is 0 Å². The van der Waals surface area contributed by atoms with Crippen molar-refractivity contribution in [3.05, 3.63) is 96.4 Å². The number of nitrogens with zero attached hydrogens (tertiary/aromatic N) is 2. The number of pyridine rings is 1. The molecule has 0 bridgehead atoms. The summed E-state index contributed by atoms with van der Waals surface area (Å²) in [6.07, 6.45) is 6.88. The number of imidazole rings is 1. The Morgan fingerprint density at radius 1 is 0.891 bits per heavy atom. The van der Waals surface area contributed by atoms with Crippen LogP contribution in [0.5, 0.6) is 0 Å². The first-order valence-electron chi connectivity index (χ1n) is 16.3. The molecule has 0 aliphatic heterocycles. The largest absolute Gasteiger partial charge is 0.512 e. The van der Waals surface area contributed by atoms with Gasteiger partial charge >= 0.3 is 0 Å². The molecule has 46 heavy (non-hydrogen) atoms. The number of aliphatic hydroxyl groups is 1. The van der Waals surface area contributed by atoms with Crippen molar-refractivity contribution in [2.24, 2.45) is 11.8 Å². The maximum Gasteiger partial charge on any atom is 0.162 e. The standard InChI is InChI=1S/C27H21N2S.C13H24O2.Ir/c1-27(2,3)23-15-18(14-17-8-4-5-9-20(17)23)25-28-16-19-12-13-22-21-10-6-7-11-24(21)30-26(22)29(19)25;1-5-10(6-2)12(14)9-13(15)11(7-3)8-4;/h4-13,15-16H,1-3H3;9-11,14H,5-8H2,1-4H3;/q-1;;/b;12-9-;. The van der Waals surface area contributed by atoms with Gasteiger partial charge in [-0.2, -0.15) is 0 Å². The van der Waals surface area contributed by atoms with E-state index in [1.807, 2.05) is 45.2 Å². The number of thiophene rings is 1. The molecule has 3 heterocycles. The number of aliphatic hydroxyl groups excluding tert-OH is 1. The normalized spacial score (nSPS) is 12.2. The number of carbonyl (C=O) groups is 1. The number of ketones is 1. The Morgan fingerprint density at radius 3 is 2.17 bits per heavy atom. The second kappa shape index (κ2) is 15.1. The van der Waals surface area contributed by atoms with E-state index in [-0.39, 0.29) is 48.9 Å². The van der Waals surface area contributed by atoms with Gasteiger partial charge in [0.05, 0.1) is 17.1 Å². The van der Waals surface area contributed by atoms with Gasteiger partial charge in [-0.25, -0.2) is 0 Å². The van der Waals surface area contributed by atoms with Crippen LogP contribution in [-0.4, -0.2) is 20.3 Å². The fraction of sp³-hybridized carbons (Fsp3) is 0.350. The zero-order chi connectivity index (χ0) is 32.3. The van der Waals surface area contributed by atoms with Crippen molar-refractivity contribution in [2.45, 2.75) is 79.6 Å². The van der Waals surface area contributed by atoms with Crippen molar-refractivity contribution in [1.82, 2.24) is 9.38 Å². The summed E-state index contributed by atoms with van der Waals surface area (Å²) in [4.78, 5) is 17.8. The van der Waals surface area contributed by atoms with E-state index in [1.165, 1.54) is 37.3 Å². The molecule has 6 heteroatoms. The van der Waals surface area contributed by atoms with E-state index in [9.17, 15) is 9.90 Å². The monoisotopic (exact) mass is 810 g/mol. The third kappa shape index (κ3) is 7.15. The summed E-state index contributed by atoms with van der Waals surface area (Å²) in [7, 11) is 0. The molecule has 1 radical (unpaired) electrons. The first-order chi connectivity index (χ1) is 21.6. The molecule has 6 aromatic rings. The van der Waals surface area contributed by atoms with Crippen molar-refractivity contribution in [3.63, 3.8) is 0 Å². The maximum atomic E-state index is 11.7. The van der Waals surface area contributed by atoms with Gasteiger partial charge in [0.2, 0.25) is 0 Å². The van der Waals surface area contributed by atoms with Gasteiger partial charge in [0, 0.05) is 59.7 Å². The molecule has 0 unspecified atom stereocenters. The van der Waals surface area contributed by atoms with Gasteiger partial charge in [-0.05, 0) is 49.3 Å². The molecule has 0 amide bonds. The zero-order valence-corrected chi connectivity index (χ0v) is 31.2. The van der Waals surface area contributed by atoms with Crippen LogP contribution >= 0.6 is 11.3 Å². The molecule has 3 aromatic carbocycles. The Balaban J connectivity index is 0.000000259. The Bertz CT molecular complexity index is 1990. The van der Waals surface area contributed by atoms with Crippen molar-refractivity contribution in [1.29, 1.82) is 0 Å². The minimum Gasteiger partial charge on any atom is -0.512 e. The van der Waals surface area contributed by atoms with Crippen LogP contribution in [0.4, 0.5) is 0 Å². The smallest absolute Gasteiger partial charge is 0.162 e. The molecule has 0 saturated carbocycles. The third-order valence-electron chi connectivity index (χ3n) is 8.93. The maximum absolute atomic E-state index is 11.7. The topological polar surface area (TPSA) is 54.6 Å². The van der Waals surface area contributed by atoms with Crippen molar-refractivity contribution < 1.29 is 30.0 Å². The van der Waals surface area contributed by atoms with Crippen LogP contribution in [0.15, 0.2) is 84.8 Å². The van der Waals surface area contributed by atoms with E-state index < -0.39 is 0 Å². The fourth-order valence-corrected chi connectivity index (χ4v) is 7.40. The molecule has 0 aliphatic rings. The number of aromatic nitrogens is 2. The average Bonchev–Trinajstić information content (AvgIpc) is 3.63. The number of carbonyl (C=O) groups excluding carboxylic acids is 1. The molecule has 4 nitrogen and oxygen atoms in total. The van der Waals surface area contributed by atoms with Gasteiger partial charge in [-0.15, -0.1) is 40.5 Å². The summed E-state index contributed by atoms with van der Waals surface area (Å²) in [6, 6.07) is 27.5. The van der Waals surface area contributed by atoms with E-state index in [1.54, 1.807) is 0 Å². The predicted octanol–water partition coefficient (Wildman–Crippen LogP) is 11.5. The van der Waals surface area contributed by atoms with Crippen LogP contribution in [0.25, 0.3) is 48.0 Å². The van der Waals surface area contributed by atoms with Crippen molar-refractivity contribution >= 4 is 53.7 Å². The van der Waals surface area contributed by atoms with Gasteiger partial charge in [0.1, 0.15) is 4.83 Å². The molecule has 1 N–H and O–H groups in total. The van der Waals surface area contributed by atoms with Crippen LogP contribution in [0.2, 0.25) is 0 Å². The second-order valence-corrected chi connectivity index (χ2v) is 13.9. The van der Waals surface area contributed by atoms with Crippen molar-refractivity contribution in [2.75, 3.05) is 0 Å². The first-order valence-corrected chi connectivity index (χ1v) is 17.1. The van der Waals surface area contributed by atoms with Gasteiger partial charge in [0.25, 0.3) is 0 Å². The van der Waals surface area contributed by atoms with Crippen LogP contribution in [0.1, 0.15) is 79.7 Å². The average molecular weight is 810 g/mol. The minimum absolute atomic E-state index is 0. The first kappa shape index (κ1) is 35.5. The second-order valence-electron chi connectivity index (χ2n) is 12.9. The molecular weight excluding hydrogens is 765 g/mol. The number of hydrogen-bond donors (Lipinski definition) is 1. The Hall–Kier alpha value is -3.31. The van der Waals surface area contributed by atoms with Crippen LogP contribution in [0, 0.1) is 17.9 Å². The molecule has 0 saturated heterocycles. The molecule has 3 aromatic heterocycles. The molecule has 0 spiro atoms. The summed E-state index contributed by atoms with van der Waals surface area (Å²) < 4.78 is 3.60. The van der Waals surface area contributed by atoms with Gasteiger partial charge in [-0.1, -0.05) is 95.8 Å². The third-order valence-corrected chi connectivity index (χ3v) is 10.1. The number of rotatable bonds is 8. The van der Waals surface area contributed by atoms with Crippen LogP contribution in [-0.2, 0) is 30.3 Å². The summed E-state index contributed by atoms with van der Waals surface area (Å²) in [5, 5.41) is 14.7. The minimum atomic E-state index is 0. The van der Waals surface area contributed by atoms with Gasteiger partial charge < -0.3 is 9.51 Å². The van der Waals surface area contributed by atoms with Crippen molar-refractivity contribution in [3.8, 4) is 11.4 Å². The molecular formula is C40H45IrN2O2S-. The summed E-state index contributed by atoms with van der Waals surface area (Å²) >= 11 is 1.83. The number of fused-ring (bicyclic) bond motifs is 6. The van der Waals surface area contributed by atoms with E-state index in [4.69, 9.17) is 4.98 Å². The summed E-state index contributed by atoms with van der Waals surface area (Å²) in [5.41, 5.74) is 3.52. The number of allylic oxidation sites excluding steroid dienone is 2. The van der Waals surface area contributed by atoms with E-state index >= 15 is 0 Å². The Labute approximate surface area is 290 Å². The van der Waals surface area contributed by atoms with E-state index in [0.29, 0.717) is 0 Å². The van der Waals surface area contributed by atoms with Gasteiger partial charge in [0.15, 0.2) is 5.78 Å². The molecule has 243 valence electrons. The zero-order valence-electron chi connectivity index (χ0n) is 28.0. The SMILES string of the molecule is CC(C)(C)c1cc(-c2ncc3ccc4c5ccccc5sc4n23)[c-]c2ccccc12.CCC(CC)C(=O)/C=C(\O)C(CC)CC.[Ir]. The van der Waals surface area contributed by atoms with Crippen LogP contribution in [0.3, 0.4) is 0 Å². The molecule has 0 aliphatic carbocycles. The molecule has 0 fully saturated rings. The fourth-order valence-electron chi connectivity index (χ4n) is 6.19.